The summed E-state index contributed by atoms with van der Waals surface area (Å²) >= 11 is 0. The summed E-state index contributed by atoms with van der Waals surface area (Å²) < 4.78 is 5.53. The summed E-state index contributed by atoms with van der Waals surface area (Å²) in [6.07, 6.45) is 1.14. The molecule has 0 amide bonds. The molecule has 2 heterocycles. The Morgan fingerprint density at radius 2 is 2.28 bits per heavy atom. The number of nitrogens with one attached hydrogen (secondary N) is 1. The van der Waals surface area contributed by atoms with Crippen molar-refractivity contribution in [2.75, 3.05) is 26.8 Å². The van der Waals surface area contributed by atoms with Crippen molar-refractivity contribution in [2.24, 2.45) is 0 Å². The molecular weight excluding hydrogens is 226 g/mol. The third-order valence-electron chi connectivity index (χ3n) is 3.41. The Labute approximate surface area is 109 Å². The molecule has 1 unspecified atom stereocenters. The molecule has 1 fully saturated rings. The number of aromatic nitrogens is 1. The molecule has 1 aliphatic heterocycles. The first-order valence-electron chi connectivity index (χ1n) is 6.74. The zero-order valence-electron chi connectivity index (χ0n) is 11.4. The second kappa shape index (κ2) is 6.83. The fourth-order valence-electron chi connectivity index (χ4n) is 2.38. The highest BCUT2D eigenvalue weighted by Crippen LogP contribution is 2.13. The van der Waals surface area contributed by atoms with Crippen LogP contribution in [0.3, 0.4) is 0 Å². The summed E-state index contributed by atoms with van der Waals surface area (Å²) in [6, 6.07) is 6.81. The first kappa shape index (κ1) is 13.5. The monoisotopic (exact) mass is 249 g/mol. The van der Waals surface area contributed by atoms with Crippen LogP contribution in [-0.2, 0) is 17.8 Å². The molecule has 0 saturated carbocycles. The number of hydrogen-bond donors (Lipinski definition) is 1. The van der Waals surface area contributed by atoms with Gasteiger partial charge in [0, 0.05) is 25.7 Å². The third kappa shape index (κ3) is 3.51. The lowest BCUT2D eigenvalue weighted by Gasteiger charge is -2.34. The molecule has 0 bridgehead atoms. The zero-order valence-corrected chi connectivity index (χ0v) is 11.4. The second-order valence-electron chi connectivity index (χ2n) is 4.76. The minimum absolute atomic E-state index is 0.536. The van der Waals surface area contributed by atoms with Crippen molar-refractivity contribution >= 4 is 0 Å². The summed E-state index contributed by atoms with van der Waals surface area (Å²) in [5.74, 6) is 0. The van der Waals surface area contributed by atoms with Gasteiger partial charge in [-0.15, -0.1) is 0 Å². The number of morpholine rings is 1. The molecule has 1 atom stereocenters. The molecule has 4 heteroatoms. The number of hydrogen-bond acceptors (Lipinski definition) is 4. The van der Waals surface area contributed by atoms with Crippen LogP contribution >= 0.6 is 0 Å². The van der Waals surface area contributed by atoms with Crippen molar-refractivity contribution in [2.45, 2.75) is 32.5 Å². The van der Waals surface area contributed by atoms with Gasteiger partial charge in [-0.05, 0) is 25.6 Å². The molecule has 0 spiro atoms. The number of pyridine rings is 1. The first-order chi connectivity index (χ1) is 8.83. The third-order valence-corrected chi connectivity index (χ3v) is 3.41. The van der Waals surface area contributed by atoms with Crippen LogP contribution in [0.25, 0.3) is 0 Å². The van der Waals surface area contributed by atoms with Crippen LogP contribution in [-0.4, -0.2) is 42.7 Å². The predicted molar refractivity (Wildman–Crippen MR) is 72.3 cm³/mol. The summed E-state index contributed by atoms with van der Waals surface area (Å²) in [5, 5.41) is 3.14. The van der Waals surface area contributed by atoms with Crippen LogP contribution in [0.1, 0.15) is 24.7 Å². The molecule has 4 nitrogen and oxygen atoms in total. The lowest BCUT2D eigenvalue weighted by molar-refractivity contribution is -0.0132. The molecule has 0 radical (unpaired) electrons. The van der Waals surface area contributed by atoms with Gasteiger partial charge in [-0.1, -0.05) is 13.0 Å². The van der Waals surface area contributed by atoms with E-state index >= 15 is 0 Å². The average Bonchev–Trinajstić information content (AvgIpc) is 2.40. The normalized spacial score (nSPS) is 21.1. The van der Waals surface area contributed by atoms with Crippen LogP contribution in [0.5, 0.6) is 0 Å². The largest absolute Gasteiger partial charge is 0.378 e. The molecule has 2 rings (SSSR count). The van der Waals surface area contributed by atoms with Gasteiger partial charge in [-0.25, -0.2) is 0 Å². The van der Waals surface area contributed by atoms with E-state index in [0.29, 0.717) is 6.04 Å². The van der Waals surface area contributed by atoms with E-state index < -0.39 is 0 Å². The van der Waals surface area contributed by atoms with Crippen LogP contribution in [0.15, 0.2) is 18.2 Å². The SMILES string of the molecule is CCC1COCCN1Cc1cccc(CNC)n1. The molecule has 18 heavy (non-hydrogen) atoms. The Bertz CT molecular complexity index is 370. The van der Waals surface area contributed by atoms with Gasteiger partial charge in [0.15, 0.2) is 0 Å². The Morgan fingerprint density at radius 1 is 1.44 bits per heavy atom. The Kier molecular flexibility index (Phi) is 5.11. The molecule has 0 aliphatic carbocycles. The molecule has 1 saturated heterocycles. The van der Waals surface area contributed by atoms with E-state index in [1.165, 1.54) is 0 Å². The van der Waals surface area contributed by atoms with E-state index in [-0.39, 0.29) is 0 Å². The molecule has 1 aromatic heterocycles. The highest BCUT2D eigenvalue weighted by molar-refractivity contribution is 5.11. The Morgan fingerprint density at radius 3 is 3.06 bits per heavy atom. The van der Waals surface area contributed by atoms with Crippen molar-refractivity contribution < 1.29 is 4.74 Å². The topological polar surface area (TPSA) is 37.4 Å². The van der Waals surface area contributed by atoms with Gasteiger partial charge >= 0.3 is 0 Å². The standard InChI is InChI=1S/C14H23N3O/c1-3-14-11-18-8-7-17(14)10-13-6-4-5-12(16-13)9-15-2/h4-6,14-15H,3,7-11H2,1-2H3. The van der Waals surface area contributed by atoms with Crippen LogP contribution < -0.4 is 5.32 Å². The van der Waals surface area contributed by atoms with E-state index in [9.17, 15) is 0 Å². The smallest absolute Gasteiger partial charge is 0.0622 e. The van der Waals surface area contributed by atoms with E-state index in [4.69, 9.17) is 4.74 Å². The number of nitrogens with zero attached hydrogens (tertiary/aromatic N) is 2. The number of ether oxygens (including phenoxy) is 1. The summed E-state index contributed by atoms with van der Waals surface area (Å²) in [6.45, 7) is 6.68. The minimum Gasteiger partial charge on any atom is -0.378 e. The molecule has 1 aromatic rings. The maximum atomic E-state index is 5.53. The maximum Gasteiger partial charge on any atom is 0.0622 e. The molecule has 0 aromatic carbocycles. The van der Waals surface area contributed by atoms with Crippen molar-refractivity contribution in [3.05, 3.63) is 29.6 Å². The van der Waals surface area contributed by atoms with Crippen molar-refractivity contribution in [3.63, 3.8) is 0 Å². The Hall–Kier alpha value is -0.970. The summed E-state index contributed by atoms with van der Waals surface area (Å²) in [4.78, 5) is 7.16. The van der Waals surface area contributed by atoms with Gasteiger partial charge in [-0.2, -0.15) is 0 Å². The maximum absolute atomic E-state index is 5.53. The Balaban J connectivity index is 2.00. The van der Waals surface area contributed by atoms with Crippen LogP contribution in [0.2, 0.25) is 0 Å². The second-order valence-corrected chi connectivity index (χ2v) is 4.76. The van der Waals surface area contributed by atoms with Gasteiger partial charge in [0.2, 0.25) is 0 Å². The van der Waals surface area contributed by atoms with Crippen LogP contribution in [0, 0.1) is 0 Å². The van der Waals surface area contributed by atoms with Gasteiger partial charge in [-0.3, -0.25) is 9.88 Å². The lowest BCUT2D eigenvalue weighted by atomic mass is 10.1. The number of rotatable bonds is 5. The minimum atomic E-state index is 0.536. The van der Waals surface area contributed by atoms with Gasteiger partial charge in [0.1, 0.15) is 0 Å². The van der Waals surface area contributed by atoms with Crippen molar-refractivity contribution in [1.82, 2.24) is 15.2 Å². The van der Waals surface area contributed by atoms with Crippen LogP contribution in [0.4, 0.5) is 0 Å². The summed E-state index contributed by atoms with van der Waals surface area (Å²) in [5.41, 5.74) is 2.26. The molecule has 1 aliphatic rings. The summed E-state index contributed by atoms with van der Waals surface area (Å²) in [7, 11) is 1.95. The van der Waals surface area contributed by atoms with Gasteiger partial charge < -0.3 is 10.1 Å². The first-order valence-corrected chi connectivity index (χ1v) is 6.74. The van der Waals surface area contributed by atoms with E-state index in [2.05, 4.69) is 40.3 Å². The van der Waals surface area contributed by atoms with E-state index in [1.54, 1.807) is 0 Å². The lowest BCUT2D eigenvalue weighted by Crippen LogP contribution is -2.44. The molecular formula is C14H23N3O. The highest BCUT2D eigenvalue weighted by Gasteiger charge is 2.21. The van der Waals surface area contributed by atoms with Crippen molar-refractivity contribution in [1.29, 1.82) is 0 Å². The van der Waals surface area contributed by atoms with Crippen molar-refractivity contribution in [3.8, 4) is 0 Å². The predicted octanol–water partition coefficient (Wildman–Crippen LogP) is 1.41. The average molecular weight is 249 g/mol. The fourth-order valence-corrected chi connectivity index (χ4v) is 2.38. The fraction of sp³-hybridized carbons (Fsp3) is 0.643. The quantitative estimate of drug-likeness (QED) is 0.856. The van der Waals surface area contributed by atoms with Gasteiger partial charge in [0.05, 0.1) is 24.6 Å². The van der Waals surface area contributed by atoms with E-state index in [0.717, 1.165) is 50.7 Å². The molecule has 100 valence electrons. The van der Waals surface area contributed by atoms with Gasteiger partial charge in [0.25, 0.3) is 0 Å². The highest BCUT2D eigenvalue weighted by atomic mass is 16.5. The van der Waals surface area contributed by atoms with E-state index in [1.807, 2.05) is 7.05 Å². The molecule has 1 N–H and O–H groups in total. The zero-order chi connectivity index (χ0) is 12.8.